The fourth-order valence-electron chi connectivity index (χ4n) is 3.59. The minimum absolute atomic E-state index is 0.0448. The van der Waals surface area contributed by atoms with Crippen molar-refractivity contribution in [2.75, 3.05) is 19.7 Å². The van der Waals surface area contributed by atoms with Gasteiger partial charge in [0.25, 0.3) is 0 Å². The smallest absolute Gasteiger partial charge is 0.243 e. The van der Waals surface area contributed by atoms with E-state index in [2.05, 4.69) is 21.2 Å². The third-order valence-electron chi connectivity index (χ3n) is 5.39. The molecule has 2 aromatic rings. The van der Waals surface area contributed by atoms with Crippen LogP contribution in [0.1, 0.15) is 38.3 Å². The van der Waals surface area contributed by atoms with E-state index in [1.54, 1.807) is 6.07 Å². The molecular weight excluding hydrogens is 504 g/mol. The quantitative estimate of drug-likeness (QED) is 0.560. The molecule has 1 N–H and O–H groups in total. The van der Waals surface area contributed by atoms with Gasteiger partial charge in [0.15, 0.2) is 0 Å². The van der Waals surface area contributed by atoms with Crippen molar-refractivity contribution in [1.29, 1.82) is 0 Å². The lowest BCUT2D eigenvalue weighted by Crippen LogP contribution is -2.43. The zero-order valence-corrected chi connectivity index (χ0v) is 20.6. The Bertz CT molecular complexity index is 1020. The average Bonchev–Trinajstić information content (AvgIpc) is 2.75. The molecule has 0 aromatic heterocycles. The fraction of sp³-hybridized carbons (Fsp3) is 0.409. The second-order valence-corrected chi connectivity index (χ2v) is 10.7. The van der Waals surface area contributed by atoms with Gasteiger partial charge in [0.2, 0.25) is 15.9 Å². The van der Waals surface area contributed by atoms with E-state index in [4.69, 9.17) is 16.3 Å². The first-order valence-electron chi connectivity index (χ1n) is 10.2. The van der Waals surface area contributed by atoms with Gasteiger partial charge in [-0.05, 0) is 62.6 Å². The Morgan fingerprint density at radius 1 is 1.23 bits per heavy atom. The molecule has 168 valence electrons. The highest BCUT2D eigenvalue weighted by Gasteiger charge is 2.32. The van der Waals surface area contributed by atoms with Crippen LogP contribution in [-0.2, 0) is 14.8 Å². The van der Waals surface area contributed by atoms with E-state index in [1.807, 2.05) is 38.1 Å². The van der Waals surface area contributed by atoms with Gasteiger partial charge in [-0.3, -0.25) is 4.79 Å². The maximum atomic E-state index is 13.0. The van der Waals surface area contributed by atoms with Crippen LogP contribution in [0.3, 0.4) is 0 Å². The topological polar surface area (TPSA) is 75.7 Å². The number of sulfonamides is 1. The molecule has 0 unspecified atom stereocenters. The average molecular weight is 530 g/mol. The molecule has 0 saturated carbocycles. The van der Waals surface area contributed by atoms with Gasteiger partial charge < -0.3 is 10.1 Å². The van der Waals surface area contributed by atoms with E-state index in [0.29, 0.717) is 25.2 Å². The van der Waals surface area contributed by atoms with Crippen molar-refractivity contribution >= 4 is 43.5 Å². The van der Waals surface area contributed by atoms with Crippen molar-refractivity contribution < 1.29 is 17.9 Å². The van der Waals surface area contributed by atoms with Crippen LogP contribution in [0.5, 0.6) is 5.75 Å². The Labute approximate surface area is 197 Å². The van der Waals surface area contributed by atoms with Crippen molar-refractivity contribution in [2.24, 2.45) is 5.92 Å². The first kappa shape index (κ1) is 24.0. The molecule has 1 saturated heterocycles. The molecular formula is C22H26BrClN2O4S. The maximum Gasteiger partial charge on any atom is 0.243 e. The van der Waals surface area contributed by atoms with E-state index in [0.717, 1.165) is 10.0 Å². The molecule has 0 radical (unpaired) electrons. The van der Waals surface area contributed by atoms with Gasteiger partial charge in [-0.2, -0.15) is 4.31 Å². The number of halogens is 2. The number of carbonyl (C=O) groups excluding carboxylic acids is 1. The van der Waals surface area contributed by atoms with Crippen molar-refractivity contribution in [3.05, 3.63) is 57.5 Å². The molecule has 1 aliphatic rings. The normalized spacial score (nSPS) is 16.6. The highest BCUT2D eigenvalue weighted by Crippen LogP contribution is 2.30. The van der Waals surface area contributed by atoms with Crippen LogP contribution in [0, 0.1) is 5.92 Å². The third kappa shape index (κ3) is 5.80. The summed E-state index contributed by atoms with van der Waals surface area (Å²) in [6.07, 6.45) is 0.950. The summed E-state index contributed by atoms with van der Waals surface area (Å²) < 4.78 is 33.8. The molecule has 0 bridgehead atoms. The molecule has 1 heterocycles. The summed E-state index contributed by atoms with van der Waals surface area (Å²) in [5.41, 5.74) is 1.02. The summed E-state index contributed by atoms with van der Waals surface area (Å²) in [6, 6.07) is 12.2. The van der Waals surface area contributed by atoms with E-state index in [-0.39, 0.29) is 40.9 Å². The molecule has 2 aromatic carbocycles. The van der Waals surface area contributed by atoms with E-state index < -0.39 is 10.0 Å². The first-order valence-corrected chi connectivity index (χ1v) is 12.8. The number of benzene rings is 2. The molecule has 0 spiro atoms. The SMILES string of the molecule is CCOc1ccc(S(=O)(=O)N2CCC(C(=O)N[C@@H](C)c3ccc(Br)cc3)CC2)cc1Cl. The number of hydrogen-bond acceptors (Lipinski definition) is 4. The Kier molecular flexibility index (Phi) is 8.02. The Morgan fingerprint density at radius 3 is 2.45 bits per heavy atom. The van der Waals surface area contributed by atoms with Crippen LogP contribution in [0.15, 0.2) is 51.8 Å². The minimum atomic E-state index is -3.68. The monoisotopic (exact) mass is 528 g/mol. The predicted octanol–water partition coefficient (Wildman–Crippen LogP) is 4.78. The van der Waals surface area contributed by atoms with Gasteiger partial charge in [0.05, 0.1) is 22.6 Å². The lowest BCUT2D eigenvalue weighted by Gasteiger charge is -2.31. The molecule has 6 nitrogen and oxygen atoms in total. The van der Waals surface area contributed by atoms with Crippen molar-refractivity contribution in [3.63, 3.8) is 0 Å². The van der Waals surface area contributed by atoms with Crippen LogP contribution >= 0.6 is 27.5 Å². The molecule has 9 heteroatoms. The second-order valence-electron chi connectivity index (χ2n) is 7.49. The van der Waals surface area contributed by atoms with Gasteiger partial charge in [0, 0.05) is 23.5 Å². The number of carbonyl (C=O) groups is 1. The Hall–Kier alpha value is -1.61. The largest absolute Gasteiger partial charge is 0.492 e. The van der Waals surface area contributed by atoms with Crippen LogP contribution in [0.2, 0.25) is 5.02 Å². The Morgan fingerprint density at radius 2 is 1.87 bits per heavy atom. The number of piperidine rings is 1. The summed E-state index contributed by atoms with van der Waals surface area (Å²) in [5, 5.41) is 3.31. The number of amides is 1. The van der Waals surface area contributed by atoms with Crippen molar-refractivity contribution in [2.45, 2.75) is 37.6 Å². The molecule has 1 aliphatic heterocycles. The summed E-state index contributed by atoms with van der Waals surface area (Å²) in [6.45, 7) is 4.80. The molecule has 0 aliphatic carbocycles. The summed E-state index contributed by atoms with van der Waals surface area (Å²) in [7, 11) is -3.68. The van der Waals surface area contributed by atoms with Crippen LogP contribution in [0.25, 0.3) is 0 Å². The van der Waals surface area contributed by atoms with E-state index in [9.17, 15) is 13.2 Å². The van der Waals surface area contributed by atoms with Gasteiger partial charge in [-0.15, -0.1) is 0 Å². The Balaban J connectivity index is 1.59. The molecule has 3 rings (SSSR count). The van der Waals surface area contributed by atoms with E-state index in [1.165, 1.54) is 16.4 Å². The van der Waals surface area contributed by atoms with Crippen molar-refractivity contribution in [3.8, 4) is 5.75 Å². The van der Waals surface area contributed by atoms with Crippen LogP contribution < -0.4 is 10.1 Å². The molecule has 1 atom stereocenters. The maximum absolute atomic E-state index is 13.0. The number of rotatable bonds is 7. The first-order chi connectivity index (χ1) is 14.7. The van der Waals surface area contributed by atoms with Gasteiger partial charge in [-0.25, -0.2) is 8.42 Å². The third-order valence-corrected chi connectivity index (χ3v) is 8.11. The predicted molar refractivity (Wildman–Crippen MR) is 125 cm³/mol. The van der Waals surface area contributed by atoms with Crippen LogP contribution in [-0.4, -0.2) is 38.3 Å². The lowest BCUT2D eigenvalue weighted by atomic mass is 9.96. The lowest BCUT2D eigenvalue weighted by molar-refractivity contribution is -0.126. The van der Waals surface area contributed by atoms with Crippen LogP contribution in [0.4, 0.5) is 0 Å². The zero-order chi connectivity index (χ0) is 22.6. The minimum Gasteiger partial charge on any atom is -0.492 e. The summed E-state index contributed by atoms with van der Waals surface area (Å²) >= 11 is 9.57. The van der Waals surface area contributed by atoms with Crippen molar-refractivity contribution in [1.82, 2.24) is 9.62 Å². The standard InChI is InChI=1S/C22H26BrClN2O4S/c1-3-30-21-9-8-19(14-20(21)24)31(28,29)26-12-10-17(11-13-26)22(27)25-15(2)16-4-6-18(23)7-5-16/h4-9,14-15,17H,3,10-13H2,1-2H3,(H,25,27)/t15-/m0/s1. The number of hydrogen-bond donors (Lipinski definition) is 1. The second kappa shape index (κ2) is 10.3. The highest BCUT2D eigenvalue weighted by atomic mass is 79.9. The molecule has 31 heavy (non-hydrogen) atoms. The summed E-state index contributed by atoms with van der Waals surface area (Å²) in [5.74, 6) is 0.197. The van der Waals surface area contributed by atoms with E-state index >= 15 is 0 Å². The van der Waals surface area contributed by atoms with Gasteiger partial charge in [-0.1, -0.05) is 39.7 Å². The zero-order valence-electron chi connectivity index (χ0n) is 17.5. The molecule has 1 amide bonds. The van der Waals surface area contributed by atoms with Gasteiger partial charge >= 0.3 is 0 Å². The molecule has 1 fully saturated rings. The fourth-order valence-corrected chi connectivity index (χ4v) is 5.65. The number of nitrogens with zero attached hydrogens (tertiary/aromatic N) is 1. The van der Waals surface area contributed by atoms with Gasteiger partial charge in [0.1, 0.15) is 5.75 Å². The number of nitrogens with one attached hydrogen (secondary N) is 1. The summed E-state index contributed by atoms with van der Waals surface area (Å²) in [4.78, 5) is 12.8. The highest BCUT2D eigenvalue weighted by molar-refractivity contribution is 9.10. The number of ether oxygens (including phenoxy) is 1.